The van der Waals surface area contributed by atoms with Gasteiger partial charge in [-0.3, -0.25) is 4.79 Å². The fraction of sp³-hybridized carbons (Fsp3) is 0.100. The van der Waals surface area contributed by atoms with Gasteiger partial charge in [0.2, 0.25) is 0 Å². The van der Waals surface area contributed by atoms with Crippen molar-refractivity contribution in [2.24, 2.45) is 0 Å². The molecule has 0 saturated heterocycles. The first-order chi connectivity index (χ1) is 12.6. The van der Waals surface area contributed by atoms with Crippen LogP contribution in [0.4, 0.5) is 4.39 Å². The fourth-order valence-electron chi connectivity index (χ4n) is 2.45. The van der Waals surface area contributed by atoms with Crippen molar-refractivity contribution in [1.82, 2.24) is 5.32 Å². The predicted octanol–water partition coefficient (Wildman–Crippen LogP) is 3.95. The number of halogens is 1. The number of ether oxygens (including phenoxy) is 1. The summed E-state index contributed by atoms with van der Waals surface area (Å²) in [6, 6.07) is 18.2. The molecule has 26 heavy (non-hydrogen) atoms. The van der Waals surface area contributed by atoms with Crippen molar-refractivity contribution in [3.8, 4) is 0 Å². The van der Waals surface area contributed by atoms with Crippen LogP contribution in [0.15, 0.2) is 72.1 Å². The average molecular weight is 369 g/mol. The van der Waals surface area contributed by atoms with Gasteiger partial charge in [-0.15, -0.1) is 11.3 Å². The Hall–Kier alpha value is -2.99. The summed E-state index contributed by atoms with van der Waals surface area (Å²) in [5.41, 5.74) is 0.996. The summed E-state index contributed by atoms with van der Waals surface area (Å²) < 4.78 is 18.1. The minimum atomic E-state index is -0.743. The van der Waals surface area contributed by atoms with E-state index in [1.807, 2.05) is 47.8 Å². The maximum Gasteiger partial charge on any atom is 0.338 e. The largest absolute Gasteiger partial charge is 0.452 e. The van der Waals surface area contributed by atoms with Crippen LogP contribution in [0, 0.1) is 5.82 Å². The third-order valence-electron chi connectivity index (χ3n) is 3.66. The molecule has 0 aliphatic carbocycles. The van der Waals surface area contributed by atoms with E-state index in [1.165, 1.54) is 29.5 Å². The maximum absolute atomic E-state index is 13.2. The normalized spacial score (nSPS) is 11.6. The number of rotatable bonds is 6. The summed E-state index contributed by atoms with van der Waals surface area (Å²) in [7, 11) is 0. The molecule has 1 atom stereocenters. The van der Waals surface area contributed by atoms with E-state index in [0.717, 1.165) is 16.5 Å². The second-order valence-corrected chi connectivity index (χ2v) is 6.49. The number of hydrogen-bond acceptors (Lipinski definition) is 4. The molecule has 0 saturated carbocycles. The minimum Gasteiger partial charge on any atom is -0.452 e. The molecule has 132 valence electrons. The lowest BCUT2D eigenvalue weighted by molar-refractivity contribution is -0.124. The van der Waals surface area contributed by atoms with Crippen LogP contribution < -0.4 is 5.32 Å². The van der Waals surface area contributed by atoms with E-state index >= 15 is 0 Å². The second kappa shape index (κ2) is 8.40. The van der Waals surface area contributed by atoms with Gasteiger partial charge in [0.15, 0.2) is 6.61 Å². The Kier molecular flexibility index (Phi) is 5.76. The van der Waals surface area contributed by atoms with E-state index in [0.29, 0.717) is 0 Å². The van der Waals surface area contributed by atoms with E-state index in [-0.39, 0.29) is 11.6 Å². The highest BCUT2D eigenvalue weighted by molar-refractivity contribution is 7.10. The molecular weight excluding hydrogens is 353 g/mol. The highest BCUT2D eigenvalue weighted by Crippen LogP contribution is 2.25. The predicted molar refractivity (Wildman–Crippen MR) is 97.4 cm³/mol. The molecule has 1 N–H and O–H groups in total. The van der Waals surface area contributed by atoms with Gasteiger partial charge in [-0.25, -0.2) is 9.18 Å². The van der Waals surface area contributed by atoms with Gasteiger partial charge < -0.3 is 10.1 Å². The topological polar surface area (TPSA) is 55.4 Å². The van der Waals surface area contributed by atoms with Crippen LogP contribution in [0.5, 0.6) is 0 Å². The molecule has 1 heterocycles. The highest BCUT2D eigenvalue weighted by Gasteiger charge is 2.19. The van der Waals surface area contributed by atoms with E-state index in [9.17, 15) is 14.0 Å². The van der Waals surface area contributed by atoms with Crippen LogP contribution in [0.2, 0.25) is 0 Å². The average Bonchev–Trinajstić information content (AvgIpc) is 3.19. The molecule has 0 aliphatic heterocycles. The Morgan fingerprint density at radius 2 is 1.85 bits per heavy atom. The summed E-state index contributed by atoms with van der Waals surface area (Å²) in [5, 5.41) is 4.81. The lowest BCUT2D eigenvalue weighted by Gasteiger charge is -2.18. The number of nitrogens with one attached hydrogen (secondary N) is 1. The van der Waals surface area contributed by atoms with Crippen molar-refractivity contribution in [1.29, 1.82) is 0 Å². The van der Waals surface area contributed by atoms with Gasteiger partial charge in [0.25, 0.3) is 5.91 Å². The van der Waals surface area contributed by atoms with Crippen molar-refractivity contribution in [3.63, 3.8) is 0 Å². The summed E-state index contributed by atoms with van der Waals surface area (Å²) in [6.45, 7) is -0.440. The summed E-state index contributed by atoms with van der Waals surface area (Å²) in [4.78, 5) is 25.2. The maximum atomic E-state index is 13.2. The SMILES string of the molecule is O=C(COC(=O)c1cccc(F)c1)N[C@H](c1ccccc1)c1cccs1. The minimum absolute atomic E-state index is 0.0654. The molecule has 1 aromatic heterocycles. The molecule has 6 heteroatoms. The van der Waals surface area contributed by atoms with Crippen LogP contribution in [-0.2, 0) is 9.53 Å². The number of amides is 1. The quantitative estimate of drug-likeness (QED) is 0.670. The third kappa shape index (κ3) is 4.55. The molecule has 3 aromatic rings. The van der Waals surface area contributed by atoms with Gasteiger partial charge in [-0.2, -0.15) is 0 Å². The van der Waals surface area contributed by atoms with E-state index in [2.05, 4.69) is 5.32 Å². The Bertz CT molecular complexity index is 881. The van der Waals surface area contributed by atoms with E-state index < -0.39 is 24.3 Å². The molecule has 4 nitrogen and oxygen atoms in total. The van der Waals surface area contributed by atoms with Crippen LogP contribution in [0.1, 0.15) is 26.8 Å². The molecule has 0 radical (unpaired) electrons. The van der Waals surface area contributed by atoms with E-state index in [4.69, 9.17) is 4.74 Å². The monoisotopic (exact) mass is 369 g/mol. The first-order valence-corrected chi connectivity index (χ1v) is 8.82. The molecule has 0 unspecified atom stereocenters. The standard InChI is InChI=1S/C20H16FNO3S/c21-16-9-4-8-15(12-16)20(24)25-13-18(23)22-19(17-10-5-11-26-17)14-6-2-1-3-7-14/h1-12,19H,13H2,(H,22,23)/t19-/m1/s1. The first-order valence-electron chi connectivity index (χ1n) is 7.94. The molecule has 1 amide bonds. The van der Waals surface area contributed by atoms with Gasteiger partial charge in [0, 0.05) is 4.88 Å². The highest BCUT2D eigenvalue weighted by atomic mass is 32.1. The molecule has 3 rings (SSSR count). The van der Waals surface area contributed by atoms with Gasteiger partial charge in [-0.05, 0) is 35.2 Å². The number of benzene rings is 2. The zero-order valence-electron chi connectivity index (χ0n) is 13.7. The summed E-state index contributed by atoms with van der Waals surface area (Å²) in [5.74, 6) is -1.71. The van der Waals surface area contributed by atoms with Crippen molar-refractivity contribution >= 4 is 23.2 Å². The third-order valence-corrected chi connectivity index (χ3v) is 4.60. The Morgan fingerprint density at radius 1 is 1.04 bits per heavy atom. The number of carbonyl (C=O) groups is 2. The Labute approximate surface area is 154 Å². The lowest BCUT2D eigenvalue weighted by Crippen LogP contribution is -2.32. The van der Waals surface area contributed by atoms with Crippen LogP contribution in [0.3, 0.4) is 0 Å². The van der Waals surface area contributed by atoms with Crippen molar-refractivity contribution in [2.75, 3.05) is 6.61 Å². The van der Waals surface area contributed by atoms with Gasteiger partial charge in [0.05, 0.1) is 11.6 Å². The van der Waals surface area contributed by atoms with Gasteiger partial charge >= 0.3 is 5.97 Å². The van der Waals surface area contributed by atoms with E-state index in [1.54, 1.807) is 0 Å². The number of esters is 1. The Balaban J connectivity index is 1.64. The molecule has 2 aromatic carbocycles. The van der Waals surface area contributed by atoms with Gasteiger partial charge in [-0.1, -0.05) is 42.5 Å². The second-order valence-electron chi connectivity index (χ2n) is 5.51. The fourth-order valence-corrected chi connectivity index (χ4v) is 3.25. The number of carbonyl (C=O) groups excluding carboxylic acids is 2. The lowest BCUT2D eigenvalue weighted by atomic mass is 10.1. The number of hydrogen-bond donors (Lipinski definition) is 1. The number of thiophene rings is 1. The molecule has 0 aliphatic rings. The van der Waals surface area contributed by atoms with Crippen molar-refractivity contribution in [3.05, 3.63) is 93.9 Å². The van der Waals surface area contributed by atoms with Crippen LogP contribution in [0.25, 0.3) is 0 Å². The van der Waals surface area contributed by atoms with Crippen LogP contribution in [-0.4, -0.2) is 18.5 Å². The molecule has 0 bridgehead atoms. The zero-order valence-corrected chi connectivity index (χ0v) is 14.5. The smallest absolute Gasteiger partial charge is 0.338 e. The zero-order chi connectivity index (χ0) is 18.4. The molecule has 0 fully saturated rings. The molecule has 0 spiro atoms. The van der Waals surface area contributed by atoms with Crippen molar-refractivity contribution < 1.29 is 18.7 Å². The van der Waals surface area contributed by atoms with Crippen molar-refractivity contribution in [2.45, 2.75) is 6.04 Å². The summed E-state index contributed by atoms with van der Waals surface area (Å²) in [6.07, 6.45) is 0. The first kappa shape index (κ1) is 17.8. The summed E-state index contributed by atoms with van der Waals surface area (Å²) >= 11 is 1.53. The molecular formula is C20H16FNO3S. The van der Waals surface area contributed by atoms with Crippen LogP contribution >= 0.6 is 11.3 Å². The van der Waals surface area contributed by atoms with Gasteiger partial charge in [0.1, 0.15) is 5.82 Å². The Morgan fingerprint density at radius 3 is 2.54 bits per heavy atom.